The SMILES string of the molecule is CCC(C)NC(=O)CN(Cc1ccc(Cl)cc1)S(C)(=O)=O. The predicted octanol–water partition coefficient (Wildman–Crippen LogP) is 2.02. The topological polar surface area (TPSA) is 66.5 Å². The van der Waals surface area contributed by atoms with Gasteiger partial charge in [0, 0.05) is 17.6 Å². The number of sulfonamides is 1. The molecule has 1 aromatic rings. The second-order valence-electron chi connectivity index (χ2n) is 5.03. The highest BCUT2D eigenvalue weighted by atomic mass is 35.5. The minimum atomic E-state index is -3.47. The quantitative estimate of drug-likeness (QED) is 0.830. The molecule has 21 heavy (non-hydrogen) atoms. The lowest BCUT2D eigenvalue weighted by Gasteiger charge is -2.21. The van der Waals surface area contributed by atoms with E-state index in [-0.39, 0.29) is 25.0 Å². The lowest BCUT2D eigenvalue weighted by atomic mass is 10.2. The van der Waals surface area contributed by atoms with Crippen molar-refractivity contribution in [2.24, 2.45) is 0 Å². The lowest BCUT2D eigenvalue weighted by molar-refractivity contribution is -0.122. The molecular formula is C14H21ClN2O3S. The number of benzene rings is 1. The fraction of sp³-hybridized carbons (Fsp3) is 0.500. The molecule has 7 heteroatoms. The molecule has 1 aromatic carbocycles. The van der Waals surface area contributed by atoms with Crippen LogP contribution in [0.1, 0.15) is 25.8 Å². The molecule has 5 nitrogen and oxygen atoms in total. The second kappa shape index (κ2) is 7.77. The van der Waals surface area contributed by atoms with E-state index in [1.165, 1.54) is 0 Å². The van der Waals surface area contributed by atoms with Gasteiger partial charge in [-0.2, -0.15) is 4.31 Å². The number of hydrogen-bond donors (Lipinski definition) is 1. The van der Waals surface area contributed by atoms with Gasteiger partial charge in [-0.05, 0) is 31.0 Å². The van der Waals surface area contributed by atoms with Crippen LogP contribution in [0.2, 0.25) is 5.02 Å². The highest BCUT2D eigenvalue weighted by Crippen LogP contribution is 2.13. The first-order valence-electron chi connectivity index (χ1n) is 6.71. The van der Waals surface area contributed by atoms with Gasteiger partial charge in [-0.3, -0.25) is 4.79 Å². The van der Waals surface area contributed by atoms with Crippen molar-refractivity contribution in [3.8, 4) is 0 Å². The van der Waals surface area contributed by atoms with Gasteiger partial charge in [0.2, 0.25) is 15.9 Å². The summed E-state index contributed by atoms with van der Waals surface area (Å²) in [4.78, 5) is 11.9. The van der Waals surface area contributed by atoms with E-state index >= 15 is 0 Å². The number of amides is 1. The van der Waals surface area contributed by atoms with E-state index in [0.29, 0.717) is 5.02 Å². The number of nitrogens with zero attached hydrogens (tertiary/aromatic N) is 1. The highest BCUT2D eigenvalue weighted by Gasteiger charge is 2.21. The molecule has 0 aliphatic heterocycles. The van der Waals surface area contributed by atoms with Gasteiger partial charge in [-0.15, -0.1) is 0 Å². The summed E-state index contributed by atoms with van der Waals surface area (Å²) < 4.78 is 24.8. The summed E-state index contributed by atoms with van der Waals surface area (Å²) in [5.74, 6) is -0.302. The molecule has 0 fully saturated rings. The Morgan fingerprint density at radius 2 is 1.90 bits per heavy atom. The molecule has 0 aliphatic rings. The Balaban J connectivity index is 2.78. The molecule has 118 valence electrons. The zero-order chi connectivity index (χ0) is 16.0. The fourth-order valence-corrected chi connectivity index (χ4v) is 2.53. The molecule has 0 radical (unpaired) electrons. The predicted molar refractivity (Wildman–Crippen MR) is 84.6 cm³/mol. The monoisotopic (exact) mass is 332 g/mol. The zero-order valence-electron chi connectivity index (χ0n) is 12.5. The van der Waals surface area contributed by atoms with Crippen molar-refractivity contribution >= 4 is 27.5 Å². The standard InChI is InChI=1S/C14H21ClN2O3S/c1-4-11(2)16-14(18)10-17(21(3,19)20)9-12-5-7-13(15)8-6-12/h5-8,11H,4,9-10H2,1-3H3,(H,16,18). The minimum absolute atomic E-state index is 0.0226. The third kappa shape index (κ3) is 6.46. The van der Waals surface area contributed by atoms with Crippen LogP contribution in [0.25, 0.3) is 0 Å². The van der Waals surface area contributed by atoms with E-state index in [0.717, 1.165) is 22.5 Å². The molecule has 1 rings (SSSR count). The van der Waals surface area contributed by atoms with Crippen LogP contribution < -0.4 is 5.32 Å². The number of rotatable bonds is 7. The van der Waals surface area contributed by atoms with Crippen LogP contribution in [-0.4, -0.2) is 37.5 Å². The van der Waals surface area contributed by atoms with Gasteiger partial charge >= 0.3 is 0 Å². The third-order valence-electron chi connectivity index (χ3n) is 3.08. The van der Waals surface area contributed by atoms with Gasteiger partial charge in [-0.25, -0.2) is 8.42 Å². The number of hydrogen-bond acceptors (Lipinski definition) is 3. The first-order chi connectivity index (χ1) is 9.72. The summed E-state index contributed by atoms with van der Waals surface area (Å²) in [6, 6.07) is 6.89. The Kier molecular flexibility index (Phi) is 6.64. The largest absolute Gasteiger partial charge is 0.353 e. The van der Waals surface area contributed by atoms with Gasteiger partial charge in [0.1, 0.15) is 0 Å². The smallest absolute Gasteiger partial charge is 0.235 e. The van der Waals surface area contributed by atoms with Crippen LogP contribution in [0.15, 0.2) is 24.3 Å². The molecule has 0 spiro atoms. The van der Waals surface area contributed by atoms with Crippen LogP contribution in [-0.2, 0) is 21.4 Å². The summed E-state index contributed by atoms with van der Waals surface area (Å²) in [7, 11) is -3.47. The van der Waals surface area contributed by atoms with Gasteiger partial charge in [0.15, 0.2) is 0 Å². The Morgan fingerprint density at radius 3 is 2.38 bits per heavy atom. The van der Waals surface area contributed by atoms with E-state index in [9.17, 15) is 13.2 Å². The van der Waals surface area contributed by atoms with Crippen molar-refractivity contribution in [1.82, 2.24) is 9.62 Å². The fourth-order valence-electron chi connectivity index (χ4n) is 1.67. The summed E-state index contributed by atoms with van der Waals surface area (Å²) in [5, 5.41) is 3.34. The maximum atomic E-state index is 11.9. The van der Waals surface area contributed by atoms with Crippen molar-refractivity contribution in [3.63, 3.8) is 0 Å². The van der Waals surface area contributed by atoms with Gasteiger partial charge in [-0.1, -0.05) is 30.7 Å². The Hall–Kier alpha value is -1.11. The van der Waals surface area contributed by atoms with E-state index in [1.54, 1.807) is 24.3 Å². The lowest BCUT2D eigenvalue weighted by Crippen LogP contribution is -2.42. The maximum Gasteiger partial charge on any atom is 0.235 e. The Morgan fingerprint density at radius 1 is 1.33 bits per heavy atom. The van der Waals surface area contributed by atoms with Gasteiger partial charge in [0.25, 0.3) is 0 Å². The molecule has 1 atom stereocenters. The summed E-state index contributed by atoms with van der Waals surface area (Å²) >= 11 is 5.80. The molecule has 0 heterocycles. The van der Waals surface area contributed by atoms with Crippen molar-refractivity contribution < 1.29 is 13.2 Å². The molecule has 1 amide bonds. The highest BCUT2D eigenvalue weighted by molar-refractivity contribution is 7.88. The van der Waals surface area contributed by atoms with E-state index in [2.05, 4.69) is 5.32 Å². The molecule has 0 saturated heterocycles. The van der Waals surface area contributed by atoms with Crippen LogP contribution in [0, 0.1) is 0 Å². The van der Waals surface area contributed by atoms with Gasteiger partial charge < -0.3 is 5.32 Å². The van der Waals surface area contributed by atoms with E-state index < -0.39 is 10.0 Å². The maximum absolute atomic E-state index is 11.9. The number of nitrogens with one attached hydrogen (secondary N) is 1. The summed E-state index contributed by atoms with van der Waals surface area (Å²) in [6.45, 7) is 3.78. The summed E-state index contributed by atoms with van der Waals surface area (Å²) in [5.41, 5.74) is 0.779. The van der Waals surface area contributed by atoms with Crippen LogP contribution in [0.3, 0.4) is 0 Å². The first kappa shape index (κ1) is 17.9. The minimum Gasteiger partial charge on any atom is -0.353 e. The first-order valence-corrected chi connectivity index (χ1v) is 8.94. The van der Waals surface area contributed by atoms with Crippen molar-refractivity contribution in [2.75, 3.05) is 12.8 Å². The Bertz CT molecular complexity index is 572. The van der Waals surface area contributed by atoms with Crippen molar-refractivity contribution in [3.05, 3.63) is 34.9 Å². The summed E-state index contributed by atoms with van der Waals surface area (Å²) in [6.07, 6.45) is 1.89. The third-order valence-corrected chi connectivity index (χ3v) is 4.53. The molecule has 0 aliphatic carbocycles. The molecule has 0 bridgehead atoms. The van der Waals surface area contributed by atoms with Crippen LogP contribution in [0.5, 0.6) is 0 Å². The normalized spacial score (nSPS) is 13.2. The molecular weight excluding hydrogens is 312 g/mol. The average molecular weight is 333 g/mol. The van der Waals surface area contributed by atoms with Gasteiger partial charge in [0.05, 0.1) is 12.8 Å². The number of carbonyl (C=O) groups excluding carboxylic acids is 1. The van der Waals surface area contributed by atoms with Crippen molar-refractivity contribution in [2.45, 2.75) is 32.9 Å². The van der Waals surface area contributed by atoms with Crippen LogP contribution >= 0.6 is 11.6 Å². The number of carbonyl (C=O) groups is 1. The molecule has 0 saturated carbocycles. The Labute approximate surface area is 131 Å². The average Bonchev–Trinajstić information content (AvgIpc) is 2.39. The second-order valence-corrected chi connectivity index (χ2v) is 7.45. The zero-order valence-corrected chi connectivity index (χ0v) is 14.0. The molecule has 1 unspecified atom stereocenters. The van der Waals surface area contributed by atoms with Crippen LogP contribution in [0.4, 0.5) is 0 Å². The molecule has 0 aromatic heterocycles. The van der Waals surface area contributed by atoms with E-state index in [4.69, 9.17) is 11.6 Å². The van der Waals surface area contributed by atoms with Crippen molar-refractivity contribution in [1.29, 1.82) is 0 Å². The number of halogens is 1. The van der Waals surface area contributed by atoms with E-state index in [1.807, 2.05) is 13.8 Å². The molecule has 1 N–H and O–H groups in total.